The third kappa shape index (κ3) is 3.25. The van der Waals surface area contributed by atoms with Crippen LogP contribution in [0.4, 0.5) is 0 Å². The predicted octanol–water partition coefficient (Wildman–Crippen LogP) is 1.89. The van der Waals surface area contributed by atoms with E-state index >= 15 is 0 Å². The summed E-state index contributed by atoms with van der Waals surface area (Å²) in [5.74, 6) is 0. The lowest BCUT2D eigenvalue weighted by Gasteiger charge is -2.38. The Morgan fingerprint density at radius 2 is 2.00 bits per heavy atom. The van der Waals surface area contributed by atoms with Gasteiger partial charge in [0.05, 0.1) is 19.6 Å². The van der Waals surface area contributed by atoms with Gasteiger partial charge in [0.25, 0.3) is 10.1 Å². The number of benzene rings is 1. The highest BCUT2D eigenvalue weighted by molar-refractivity contribution is 7.85. The molecule has 0 spiro atoms. The molecule has 4 nitrogen and oxygen atoms in total. The second kappa shape index (κ2) is 5.74. The van der Waals surface area contributed by atoms with Crippen molar-refractivity contribution in [2.24, 2.45) is 0 Å². The first-order valence-corrected chi connectivity index (χ1v) is 9.85. The van der Waals surface area contributed by atoms with Crippen molar-refractivity contribution < 1.29 is 17.7 Å². The molecule has 1 aromatic carbocycles. The Morgan fingerprint density at radius 3 is 2.47 bits per heavy atom. The monoisotopic (exact) mass is 300 g/mol. The van der Waals surface area contributed by atoms with E-state index in [-0.39, 0.29) is 10.1 Å². The standard InChI is InChI=1S/C13H20O4SSi/c1-2-19-13(9-3-4-10-17-13)11-5-7-12(8-6-11)18(14,15)16/h5-8H,2-4,9-10,19H2,1H3,(H,14,15,16). The zero-order valence-electron chi connectivity index (χ0n) is 11.1. The molecule has 1 heterocycles. The summed E-state index contributed by atoms with van der Waals surface area (Å²) in [6.45, 7) is 2.96. The molecule has 106 valence electrons. The topological polar surface area (TPSA) is 63.6 Å². The molecule has 0 bridgehead atoms. The van der Waals surface area contributed by atoms with Gasteiger partial charge in [0.15, 0.2) is 0 Å². The summed E-state index contributed by atoms with van der Waals surface area (Å²) in [6, 6.07) is 7.66. The molecule has 2 rings (SSSR count). The third-order valence-electron chi connectivity index (χ3n) is 3.69. The van der Waals surface area contributed by atoms with Crippen molar-refractivity contribution in [2.75, 3.05) is 6.61 Å². The van der Waals surface area contributed by atoms with E-state index in [4.69, 9.17) is 9.29 Å². The lowest BCUT2D eigenvalue weighted by Crippen LogP contribution is -2.39. The van der Waals surface area contributed by atoms with Gasteiger partial charge >= 0.3 is 0 Å². The van der Waals surface area contributed by atoms with E-state index in [1.807, 2.05) is 0 Å². The Bertz CT molecular complexity index is 513. The highest BCUT2D eigenvalue weighted by Crippen LogP contribution is 2.35. The molecule has 0 radical (unpaired) electrons. The van der Waals surface area contributed by atoms with E-state index in [0.29, 0.717) is 0 Å². The van der Waals surface area contributed by atoms with Crippen molar-refractivity contribution in [1.82, 2.24) is 0 Å². The van der Waals surface area contributed by atoms with E-state index in [0.717, 1.165) is 37.5 Å². The highest BCUT2D eigenvalue weighted by atomic mass is 32.2. The molecular formula is C13H20O4SSi. The zero-order valence-corrected chi connectivity index (χ0v) is 13.4. The predicted molar refractivity (Wildman–Crippen MR) is 76.8 cm³/mol. The van der Waals surface area contributed by atoms with E-state index in [1.54, 1.807) is 12.1 Å². The molecule has 1 unspecified atom stereocenters. The molecule has 1 saturated heterocycles. The summed E-state index contributed by atoms with van der Waals surface area (Å²) in [5, 5.41) is -0.148. The van der Waals surface area contributed by atoms with Gasteiger partial charge in [-0.2, -0.15) is 8.42 Å². The molecule has 1 aliphatic rings. The van der Waals surface area contributed by atoms with Gasteiger partial charge in [-0.25, -0.2) is 0 Å². The number of rotatable bonds is 4. The van der Waals surface area contributed by atoms with Crippen LogP contribution in [-0.4, -0.2) is 29.1 Å². The second-order valence-electron chi connectivity index (χ2n) is 5.05. The fraction of sp³-hybridized carbons (Fsp3) is 0.538. The molecule has 1 aliphatic heterocycles. The summed E-state index contributed by atoms with van der Waals surface area (Å²) in [6.07, 6.45) is 3.29. The SMILES string of the molecule is CC[SiH2]C1(c2ccc(S(=O)(=O)O)cc2)CCCCO1. The lowest BCUT2D eigenvalue weighted by molar-refractivity contribution is -0.0240. The van der Waals surface area contributed by atoms with Gasteiger partial charge in [0.2, 0.25) is 0 Å². The van der Waals surface area contributed by atoms with E-state index in [1.165, 1.54) is 12.1 Å². The molecular weight excluding hydrogens is 280 g/mol. The van der Waals surface area contributed by atoms with Crippen LogP contribution in [-0.2, 0) is 20.1 Å². The summed E-state index contributed by atoms with van der Waals surface area (Å²) in [7, 11) is -4.52. The van der Waals surface area contributed by atoms with Crippen molar-refractivity contribution >= 4 is 19.6 Å². The molecule has 0 aliphatic carbocycles. The Balaban J connectivity index is 2.32. The fourth-order valence-electron chi connectivity index (χ4n) is 2.76. The molecule has 1 aromatic rings. The number of hydrogen-bond acceptors (Lipinski definition) is 3. The first-order valence-electron chi connectivity index (χ1n) is 6.70. The van der Waals surface area contributed by atoms with Crippen LogP contribution >= 0.6 is 0 Å². The fourth-order valence-corrected chi connectivity index (χ4v) is 5.36. The maximum Gasteiger partial charge on any atom is 0.294 e. The molecule has 0 saturated carbocycles. The minimum absolute atomic E-state index is 0.0552. The van der Waals surface area contributed by atoms with Crippen LogP contribution in [0.5, 0.6) is 0 Å². The van der Waals surface area contributed by atoms with Crippen molar-refractivity contribution in [1.29, 1.82) is 0 Å². The first-order chi connectivity index (χ1) is 8.98. The molecule has 19 heavy (non-hydrogen) atoms. The molecule has 1 N–H and O–H groups in total. The molecule has 6 heteroatoms. The van der Waals surface area contributed by atoms with E-state index in [2.05, 4.69) is 6.92 Å². The molecule has 1 atom stereocenters. The van der Waals surface area contributed by atoms with Crippen LogP contribution in [0.2, 0.25) is 6.04 Å². The summed E-state index contributed by atoms with van der Waals surface area (Å²) >= 11 is 0. The Kier molecular flexibility index (Phi) is 4.45. The lowest BCUT2D eigenvalue weighted by atomic mass is 10.0. The number of hydrogen-bond donors (Lipinski definition) is 1. The summed E-state index contributed by atoms with van der Waals surface area (Å²) in [4.78, 5) is -0.0552. The average molecular weight is 300 g/mol. The van der Waals surface area contributed by atoms with Crippen molar-refractivity contribution in [3.63, 3.8) is 0 Å². The van der Waals surface area contributed by atoms with Gasteiger partial charge in [0, 0.05) is 6.61 Å². The van der Waals surface area contributed by atoms with E-state index < -0.39 is 19.6 Å². The maximum atomic E-state index is 11.1. The van der Waals surface area contributed by atoms with Crippen LogP contribution in [0.1, 0.15) is 31.7 Å². The van der Waals surface area contributed by atoms with Crippen molar-refractivity contribution in [2.45, 2.75) is 42.4 Å². The second-order valence-corrected chi connectivity index (χ2v) is 9.11. The van der Waals surface area contributed by atoms with Crippen molar-refractivity contribution in [3.8, 4) is 0 Å². The smallest absolute Gasteiger partial charge is 0.294 e. The van der Waals surface area contributed by atoms with Gasteiger partial charge in [-0.05, 0) is 37.0 Å². The van der Waals surface area contributed by atoms with E-state index in [9.17, 15) is 8.42 Å². The Hall–Kier alpha value is -0.693. The highest BCUT2D eigenvalue weighted by Gasteiger charge is 2.34. The van der Waals surface area contributed by atoms with Crippen LogP contribution < -0.4 is 0 Å². The first kappa shape index (κ1) is 14.7. The number of ether oxygens (including phenoxy) is 1. The van der Waals surface area contributed by atoms with Crippen molar-refractivity contribution in [3.05, 3.63) is 29.8 Å². The van der Waals surface area contributed by atoms with Crippen LogP contribution in [0.3, 0.4) is 0 Å². The average Bonchev–Trinajstić information content (AvgIpc) is 2.39. The third-order valence-corrected chi connectivity index (χ3v) is 6.83. The minimum Gasteiger partial charge on any atom is -0.375 e. The summed E-state index contributed by atoms with van der Waals surface area (Å²) < 4.78 is 37.2. The molecule has 1 fully saturated rings. The largest absolute Gasteiger partial charge is 0.375 e. The Morgan fingerprint density at radius 1 is 1.32 bits per heavy atom. The van der Waals surface area contributed by atoms with Crippen LogP contribution in [0.15, 0.2) is 29.2 Å². The van der Waals surface area contributed by atoms with Gasteiger partial charge in [0.1, 0.15) is 0 Å². The Labute approximate surface area is 116 Å². The van der Waals surface area contributed by atoms with Gasteiger partial charge in [-0.15, -0.1) is 0 Å². The van der Waals surface area contributed by atoms with Gasteiger partial charge < -0.3 is 4.74 Å². The summed E-state index contributed by atoms with van der Waals surface area (Å²) in [5.41, 5.74) is 1.06. The van der Waals surface area contributed by atoms with Gasteiger partial charge in [-0.1, -0.05) is 25.1 Å². The minimum atomic E-state index is -4.11. The van der Waals surface area contributed by atoms with Crippen LogP contribution in [0.25, 0.3) is 0 Å². The quantitative estimate of drug-likeness (QED) is 0.681. The molecule has 0 aromatic heterocycles. The maximum absolute atomic E-state index is 11.1. The van der Waals surface area contributed by atoms with Crippen LogP contribution in [0, 0.1) is 0 Å². The molecule has 0 amide bonds. The van der Waals surface area contributed by atoms with Gasteiger partial charge in [-0.3, -0.25) is 4.55 Å². The normalized spacial score (nSPS) is 24.9. The zero-order chi connectivity index (χ0) is 13.9.